The van der Waals surface area contributed by atoms with Crippen LogP contribution in [0.4, 0.5) is 0 Å². The largest absolute Gasteiger partial charge is 0.236 e. The molecule has 4 heteroatoms. The number of nitrogens with zero attached hydrogens (tertiary/aromatic N) is 1. The highest BCUT2D eigenvalue weighted by Gasteiger charge is 2.09. The molecule has 4 rings (SSSR count). The number of thiazole rings is 1. The molecule has 1 heterocycles. The third-order valence-electron chi connectivity index (χ3n) is 3.70. The Bertz CT molecular complexity index is 1010. The van der Waals surface area contributed by atoms with E-state index in [-0.39, 0.29) is 0 Å². The molecule has 0 spiro atoms. The highest BCUT2D eigenvalue weighted by Crippen LogP contribution is 2.33. The van der Waals surface area contributed by atoms with Crippen molar-refractivity contribution >= 4 is 49.6 Å². The van der Waals surface area contributed by atoms with E-state index in [4.69, 9.17) is 16.6 Å². The van der Waals surface area contributed by atoms with Gasteiger partial charge in [0, 0.05) is 26.0 Å². The minimum atomic E-state index is 0.729. The second-order valence-electron chi connectivity index (χ2n) is 5.22. The Balaban J connectivity index is 1.78. The molecule has 1 nitrogen and oxygen atoms in total. The molecule has 0 fully saturated rings. The van der Waals surface area contributed by atoms with Crippen LogP contribution in [-0.2, 0) is 0 Å². The molecule has 1 aromatic heterocycles. The molecule has 112 valence electrons. The predicted octanol–water partition coefficient (Wildman–Crippen LogP) is 7.05. The number of fused-ring (bicyclic) bond motifs is 1. The van der Waals surface area contributed by atoms with Crippen molar-refractivity contribution in [3.63, 3.8) is 0 Å². The summed E-state index contributed by atoms with van der Waals surface area (Å²) in [6.45, 7) is 0. The average Bonchev–Trinajstić information content (AvgIpc) is 3.04. The van der Waals surface area contributed by atoms with Gasteiger partial charge in [-0.15, -0.1) is 11.3 Å². The monoisotopic (exact) mass is 399 g/mol. The van der Waals surface area contributed by atoms with E-state index in [9.17, 15) is 0 Å². The second-order valence-corrected chi connectivity index (χ2v) is 7.40. The lowest BCUT2D eigenvalue weighted by Gasteiger charge is -2.02. The van der Waals surface area contributed by atoms with Crippen molar-refractivity contribution in [2.75, 3.05) is 0 Å². The standard InChI is InChI=1S/C19H11BrClNS/c20-15-8-7-12-5-6-13(9-14(12)10-15)19-22-18(11-23-19)16-3-1-2-4-17(16)21/h1-11H. The van der Waals surface area contributed by atoms with E-state index in [0.717, 1.165) is 31.3 Å². The van der Waals surface area contributed by atoms with E-state index >= 15 is 0 Å². The number of halogens is 2. The molecule has 4 aromatic rings. The molecule has 23 heavy (non-hydrogen) atoms. The zero-order valence-electron chi connectivity index (χ0n) is 12.0. The van der Waals surface area contributed by atoms with Crippen molar-refractivity contribution in [2.45, 2.75) is 0 Å². The maximum atomic E-state index is 6.27. The van der Waals surface area contributed by atoms with Gasteiger partial charge < -0.3 is 0 Å². The SMILES string of the molecule is Clc1ccccc1-c1csc(-c2ccc3ccc(Br)cc3c2)n1. The molecular weight excluding hydrogens is 390 g/mol. The first-order chi connectivity index (χ1) is 11.2. The van der Waals surface area contributed by atoms with Crippen molar-refractivity contribution in [1.82, 2.24) is 4.98 Å². The number of benzene rings is 3. The van der Waals surface area contributed by atoms with Crippen LogP contribution >= 0.6 is 38.9 Å². The van der Waals surface area contributed by atoms with Crippen LogP contribution in [0.25, 0.3) is 32.6 Å². The summed E-state index contributed by atoms with van der Waals surface area (Å²) in [6.07, 6.45) is 0. The molecule has 0 saturated carbocycles. The van der Waals surface area contributed by atoms with E-state index in [1.54, 1.807) is 11.3 Å². The Labute approximate surface area is 151 Å². The molecule has 0 saturated heterocycles. The van der Waals surface area contributed by atoms with Gasteiger partial charge in [0.2, 0.25) is 0 Å². The number of rotatable bonds is 2. The molecular formula is C19H11BrClNS. The van der Waals surface area contributed by atoms with Crippen LogP contribution in [-0.4, -0.2) is 4.98 Å². The average molecular weight is 401 g/mol. The third kappa shape index (κ3) is 2.92. The summed E-state index contributed by atoms with van der Waals surface area (Å²) in [5.74, 6) is 0. The van der Waals surface area contributed by atoms with Crippen LogP contribution in [0.3, 0.4) is 0 Å². The van der Waals surface area contributed by atoms with Gasteiger partial charge in [0.15, 0.2) is 0 Å². The second kappa shape index (κ2) is 6.08. The summed E-state index contributed by atoms with van der Waals surface area (Å²) >= 11 is 11.4. The van der Waals surface area contributed by atoms with Gasteiger partial charge in [0.05, 0.1) is 5.69 Å². The smallest absolute Gasteiger partial charge is 0.124 e. The van der Waals surface area contributed by atoms with E-state index in [1.807, 2.05) is 24.3 Å². The van der Waals surface area contributed by atoms with Gasteiger partial charge in [-0.3, -0.25) is 0 Å². The Morgan fingerprint density at radius 2 is 1.74 bits per heavy atom. The van der Waals surface area contributed by atoms with Crippen molar-refractivity contribution in [3.8, 4) is 21.8 Å². The Morgan fingerprint density at radius 3 is 2.61 bits per heavy atom. The molecule has 0 aliphatic carbocycles. The van der Waals surface area contributed by atoms with Gasteiger partial charge in [-0.05, 0) is 35.0 Å². The maximum absolute atomic E-state index is 6.27. The van der Waals surface area contributed by atoms with Crippen molar-refractivity contribution < 1.29 is 0 Å². The summed E-state index contributed by atoms with van der Waals surface area (Å²) in [5, 5.41) is 6.21. The normalized spacial score (nSPS) is 11.0. The highest BCUT2D eigenvalue weighted by molar-refractivity contribution is 9.10. The van der Waals surface area contributed by atoms with E-state index in [0.29, 0.717) is 0 Å². The first-order valence-electron chi connectivity index (χ1n) is 7.11. The van der Waals surface area contributed by atoms with Gasteiger partial charge in [0.1, 0.15) is 5.01 Å². The predicted molar refractivity (Wildman–Crippen MR) is 103 cm³/mol. The van der Waals surface area contributed by atoms with Crippen LogP contribution < -0.4 is 0 Å². The van der Waals surface area contributed by atoms with Crippen molar-refractivity contribution in [3.05, 3.63) is 75.5 Å². The fourth-order valence-electron chi connectivity index (χ4n) is 2.55. The quantitative estimate of drug-likeness (QED) is 0.351. The molecule has 0 aliphatic rings. The minimum Gasteiger partial charge on any atom is -0.236 e. The Hall–Kier alpha value is -1.68. The fourth-order valence-corrected chi connectivity index (χ4v) is 3.98. The molecule has 0 bridgehead atoms. The molecule has 3 aromatic carbocycles. The zero-order valence-corrected chi connectivity index (χ0v) is 15.1. The zero-order chi connectivity index (χ0) is 15.8. The van der Waals surface area contributed by atoms with Gasteiger partial charge in [-0.1, -0.05) is 63.9 Å². The van der Waals surface area contributed by atoms with E-state index in [1.165, 1.54) is 10.8 Å². The lowest BCUT2D eigenvalue weighted by Crippen LogP contribution is -1.81. The Morgan fingerprint density at radius 1 is 0.913 bits per heavy atom. The van der Waals surface area contributed by atoms with Crippen LogP contribution in [0.15, 0.2) is 70.5 Å². The van der Waals surface area contributed by atoms with Gasteiger partial charge in [-0.25, -0.2) is 4.98 Å². The van der Waals surface area contributed by atoms with Crippen molar-refractivity contribution in [1.29, 1.82) is 0 Å². The molecule has 0 N–H and O–H groups in total. The lowest BCUT2D eigenvalue weighted by atomic mass is 10.1. The summed E-state index contributed by atoms with van der Waals surface area (Å²) in [7, 11) is 0. The summed E-state index contributed by atoms with van der Waals surface area (Å²) in [6, 6.07) is 20.5. The summed E-state index contributed by atoms with van der Waals surface area (Å²) < 4.78 is 1.08. The molecule has 0 radical (unpaired) electrons. The summed E-state index contributed by atoms with van der Waals surface area (Å²) in [4.78, 5) is 4.76. The van der Waals surface area contributed by atoms with Crippen LogP contribution in [0, 0.1) is 0 Å². The topological polar surface area (TPSA) is 12.9 Å². The van der Waals surface area contributed by atoms with Gasteiger partial charge in [0.25, 0.3) is 0 Å². The number of aromatic nitrogens is 1. The van der Waals surface area contributed by atoms with Crippen LogP contribution in [0.2, 0.25) is 5.02 Å². The molecule has 0 amide bonds. The highest BCUT2D eigenvalue weighted by atomic mass is 79.9. The van der Waals surface area contributed by atoms with E-state index in [2.05, 4.69) is 57.7 Å². The molecule has 0 atom stereocenters. The van der Waals surface area contributed by atoms with Crippen molar-refractivity contribution in [2.24, 2.45) is 0 Å². The van der Waals surface area contributed by atoms with Crippen LogP contribution in [0.5, 0.6) is 0 Å². The van der Waals surface area contributed by atoms with Crippen LogP contribution in [0.1, 0.15) is 0 Å². The fraction of sp³-hybridized carbons (Fsp3) is 0. The number of hydrogen-bond donors (Lipinski definition) is 0. The number of hydrogen-bond acceptors (Lipinski definition) is 2. The first kappa shape index (κ1) is 14.9. The molecule has 0 unspecified atom stereocenters. The summed E-state index contributed by atoms with van der Waals surface area (Å²) in [5.41, 5.74) is 3.02. The maximum Gasteiger partial charge on any atom is 0.124 e. The minimum absolute atomic E-state index is 0.729. The molecule has 0 aliphatic heterocycles. The Kier molecular flexibility index (Phi) is 3.93. The van der Waals surface area contributed by atoms with E-state index < -0.39 is 0 Å². The lowest BCUT2D eigenvalue weighted by molar-refractivity contribution is 1.40. The van der Waals surface area contributed by atoms with Gasteiger partial charge in [-0.2, -0.15) is 0 Å². The third-order valence-corrected chi connectivity index (χ3v) is 5.42. The first-order valence-corrected chi connectivity index (χ1v) is 9.16. The van der Waals surface area contributed by atoms with Gasteiger partial charge >= 0.3 is 0 Å².